The summed E-state index contributed by atoms with van der Waals surface area (Å²) in [5.74, 6) is 1.52. The van der Waals surface area contributed by atoms with E-state index in [1.807, 2.05) is 18.2 Å². The van der Waals surface area contributed by atoms with Gasteiger partial charge in [-0.05, 0) is 71.2 Å². The van der Waals surface area contributed by atoms with Crippen molar-refractivity contribution < 1.29 is 9.84 Å². The van der Waals surface area contributed by atoms with Crippen LogP contribution in [0.15, 0.2) is 150 Å². The van der Waals surface area contributed by atoms with Crippen LogP contribution >= 0.6 is 0 Å². The Morgan fingerprint density at radius 1 is 0.653 bits per heavy atom. The first-order valence-corrected chi connectivity index (χ1v) is 17.3. The number of aliphatic imine (C=N–C) groups is 1. The molecule has 3 N–H and O–H groups in total. The smallest absolute Gasteiger partial charge is 0.131 e. The molecule has 0 amide bonds. The summed E-state index contributed by atoms with van der Waals surface area (Å²) in [6.07, 6.45) is 2.09. The third kappa shape index (κ3) is 7.24. The summed E-state index contributed by atoms with van der Waals surface area (Å²) < 4.78 is 6.40. The Labute approximate surface area is 290 Å². The molecule has 4 unspecified atom stereocenters. The van der Waals surface area contributed by atoms with Crippen LogP contribution in [0.3, 0.4) is 0 Å². The maximum atomic E-state index is 10.9. The minimum atomic E-state index is -0.266. The fourth-order valence-electron chi connectivity index (χ4n) is 6.55. The van der Waals surface area contributed by atoms with Crippen LogP contribution in [-0.4, -0.2) is 22.6 Å². The van der Waals surface area contributed by atoms with E-state index in [1.165, 1.54) is 22.3 Å². The third-order valence-corrected chi connectivity index (χ3v) is 10.2. The molecule has 0 radical (unpaired) electrons. The van der Waals surface area contributed by atoms with Gasteiger partial charge < -0.3 is 15.2 Å². The lowest BCUT2D eigenvalue weighted by Crippen LogP contribution is -2.44. The molecule has 5 aromatic carbocycles. The van der Waals surface area contributed by atoms with Gasteiger partial charge >= 0.3 is 0 Å². The molecule has 5 heteroatoms. The fourth-order valence-corrected chi connectivity index (χ4v) is 6.55. The van der Waals surface area contributed by atoms with Crippen molar-refractivity contribution >= 4 is 5.84 Å². The first-order chi connectivity index (χ1) is 23.7. The van der Waals surface area contributed by atoms with E-state index in [-0.39, 0.29) is 30.0 Å². The molecule has 2 aliphatic rings. The number of allylic oxidation sites excluding steroid dienone is 1. The molecule has 248 valence electrons. The van der Waals surface area contributed by atoms with Crippen molar-refractivity contribution in [1.29, 1.82) is 0 Å². The number of aliphatic hydroxyl groups excluding tert-OH is 1. The molecule has 0 aromatic heterocycles. The second kappa shape index (κ2) is 13.9. The van der Waals surface area contributed by atoms with Crippen LogP contribution in [0.4, 0.5) is 0 Å². The zero-order valence-corrected chi connectivity index (χ0v) is 28.7. The van der Waals surface area contributed by atoms with E-state index in [9.17, 15) is 5.11 Å². The van der Waals surface area contributed by atoms with Crippen LogP contribution in [0.2, 0.25) is 0 Å². The van der Waals surface area contributed by atoms with Crippen molar-refractivity contribution in [1.82, 2.24) is 10.6 Å². The molecule has 0 saturated heterocycles. The number of amidine groups is 1. The zero-order valence-electron chi connectivity index (χ0n) is 28.7. The van der Waals surface area contributed by atoms with Crippen LogP contribution in [0.1, 0.15) is 74.6 Å². The van der Waals surface area contributed by atoms with E-state index in [0.717, 1.165) is 34.5 Å². The Morgan fingerprint density at radius 2 is 1.14 bits per heavy atom. The third-order valence-electron chi connectivity index (χ3n) is 10.2. The van der Waals surface area contributed by atoms with Crippen LogP contribution in [0.25, 0.3) is 22.3 Å². The summed E-state index contributed by atoms with van der Waals surface area (Å²) in [5.41, 5.74) is 8.77. The molecule has 5 aromatic rings. The van der Waals surface area contributed by atoms with Crippen molar-refractivity contribution in [2.75, 3.05) is 0 Å². The minimum absolute atomic E-state index is 0.0783. The molecular weight excluding hydrogens is 603 g/mol. The van der Waals surface area contributed by atoms with Gasteiger partial charge in [-0.3, -0.25) is 5.32 Å². The molecule has 49 heavy (non-hydrogen) atoms. The standard InChI is InChI=1S/C44H45N3O2/c1-29(2)44(3,4)49-38-27-39(40(48)28-38)34-19-25-37(26-20-34)43-46-41(35-21-15-32(16-22-35)30-11-7-5-8-12-30)45-42(47-43)36-23-17-33(18-24-36)31-13-9-6-10-14-31/h5-26,28-29,38-39,41,43,46,48H,27H2,1-4H3,(H,45,47). The van der Waals surface area contributed by atoms with Crippen molar-refractivity contribution in [3.8, 4) is 22.3 Å². The number of hydrogen-bond donors (Lipinski definition) is 3. The SMILES string of the molecule is CC(C)C(C)(C)OC1C=C(O)C(c2ccc(C3NC(c4ccc(-c5ccccc5)cc4)=NC(c4ccc(-c5ccccc5)cc4)N3)cc2)C1. The highest BCUT2D eigenvalue weighted by atomic mass is 16.5. The van der Waals surface area contributed by atoms with Gasteiger partial charge in [0, 0.05) is 11.5 Å². The van der Waals surface area contributed by atoms with Crippen LogP contribution < -0.4 is 10.6 Å². The Bertz CT molecular complexity index is 1910. The number of aliphatic hydroxyl groups is 1. The fraction of sp³-hybridized carbons (Fsp3) is 0.250. The number of nitrogens with zero attached hydrogens (tertiary/aromatic N) is 1. The summed E-state index contributed by atoms with van der Waals surface area (Å²) in [6, 6.07) is 46.7. The van der Waals surface area contributed by atoms with Gasteiger partial charge in [-0.15, -0.1) is 0 Å². The summed E-state index contributed by atoms with van der Waals surface area (Å²) in [6.45, 7) is 8.58. The zero-order chi connectivity index (χ0) is 34.0. The second-order valence-electron chi connectivity index (χ2n) is 14.0. The topological polar surface area (TPSA) is 65.9 Å². The van der Waals surface area contributed by atoms with Crippen LogP contribution in [-0.2, 0) is 4.74 Å². The molecule has 1 heterocycles. The molecule has 5 nitrogen and oxygen atoms in total. The maximum Gasteiger partial charge on any atom is 0.131 e. The van der Waals surface area contributed by atoms with Gasteiger partial charge in [-0.2, -0.15) is 0 Å². The Balaban J connectivity index is 1.14. The van der Waals surface area contributed by atoms with Gasteiger partial charge in [0.05, 0.1) is 17.5 Å². The average Bonchev–Trinajstić information content (AvgIpc) is 3.51. The molecule has 7 rings (SSSR count). The van der Waals surface area contributed by atoms with Crippen LogP contribution in [0, 0.1) is 5.92 Å². The second-order valence-corrected chi connectivity index (χ2v) is 14.0. The largest absolute Gasteiger partial charge is 0.512 e. The molecule has 1 aliphatic heterocycles. The summed E-state index contributed by atoms with van der Waals surface area (Å²) >= 11 is 0. The average molecular weight is 648 g/mol. The number of nitrogens with one attached hydrogen (secondary N) is 2. The highest BCUT2D eigenvalue weighted by molar-refractivity contribution is 6.00. The van der Waals surface area contributed by atoms with E-state index in [2.05, 4.69) is 160 Å². The molecule has 0 spiro atoms. The van der Waals surface area contributed by atoms with E-state index in [1.54, 1.807) is 0 Å². The predicted molar refractivity (Wildman–Crippen MR) is 200 cm³/mol. The van der Waals surface area contributed by atoms with Gasteiger partial charge in [0.15, 0.2) is 0 Å². The molecule has 0 saturated carbocycles. The Hall–Kier alpha value is -4.97. The van der Waals surface area contributed by atoms with Crippen molar-refractivity contribution in [2.45, 2.75) is 64.1 Å². The summed E-state index contributed by atoms with van der Waals surface area (Å²) in [7, 11) is 0. The molecule has 0 fully saturated rings. The predicted octanol–water partition coefficient (Wildman–Crippen LogP) is 10.1. The van der Waals surface area contributed by atoms with Gasteiger partial charge in [0.25, 0.3) is 0 Å². The quantitative estimate of drug-likeness (QED) is 0.149. The monoisotopic (exact) mass is 647 g/mol. The minimum Gasteiger partial charge on any atom is -0.512 e. The molecule has 1 aliphatic carbocycles. The summed E-state index contributed by atoms with van der Waals surface area (Å²) in [5, 5.41) is 18.3. The number of benzene rings is 5. The first kappa shape index (κ1) is 32.6. The van der Waals surface area contributed by atoms with E-state index in [4.69, 9.17) is 9.73 Å². The highest BCUT2D eigenvalue weighted by Crippen LogP contribution is 2.38. The first-order valence-electron chi connectivity index (χ1n) is 17.3. The van der Waals surface area contributed by atoms with Gasteiger partial charge in [0.1, 0.15) is 18.2 Å². The molecule has 0 bridgehead atoms. The van der Waals surface area contributed by atoms with E-state index in [0.29, 0.717) is 11.7 Å². The number of ether oxygens (including phenoxy) is 1. The lowest BCUT2D eigenvalue weighted by Gasteiger charge is -2.33. The van der Waals surface area contributed by atoms with E-state index >= 15 is 0 Å². The molecular formula is C44H45N3O2. The highest BCUT2D eigenvalue weighted by Gasteiger charge is 2.34. The van der Waals surface area contributed by atoms with Crippen LogP contribution in [0.5, 0.6) is 0 Å². The van der Waals surface area contributed by atoms with Gasteiger partial charge in [0.2, 0.25) is 0 Å². The lowest BCUT2D eigenvalue weighted by atomic mass is 9.93. The molecule has 4 atom stereocenters. The Morgan fingerprint density at radius 3 is 1.71 bits per heavy atom. The van der Waals surface area contributed by atoms with E-state index < -0.39 is 0 Å². The number of hydrogen-bond acceptors (Lipinski definition) is 5. The van der Waals surface area contributed by atoms with Gasteiger partial charge in [-0.25, -0.2) is 4.99 Å². The normalized spacial score (nSPS) is 20.8. The lowest BCUT2D eigenvalue weighted by molar-refractivity contribution is -0.0799. The van der Waals surface area contributed by atoms with Crippen molar-refractivity contribution in [2.24, 2.45) is 10.9 Å². The number of rotatable bonds is 9. The van der Waals surface area contributed by atoms with Crippen molar-refractivity contribution in [3.63, 3.8) is 0 Å². The maximum absolute atomic E-state index is 10.9. The summed E-state index contributed by atoms with van der Waals surface area (Å²) in [4.78, 5) is 5.18. The van der Waals surface area contributed by atoms with Crippen molar-refractivity contribution in [3.05, 3.63) is 168 Å². The van der Waals surface area contributed by atoms with Gasteiger partial charge in [-0.1, -0.05) is 147 Å². The Kier molecular flexibility index (Phi) is 9.22.